The Morgan fingerprint density at radius 3 is 2.73 bits per heavy atom. The Morgan fingerprint density at radius 1 is 1.47 bits per heavy atom. The third-order valence-corrected chi connectivity index (χ3v) is 2.40. The Labute approximate surface area is 88.5 Å². The van der Waals surface area contributed by atoms with E-state index in [1.54, 1.807) is 4.90 Å². The maximum atomic E-state index is 11.6. The normalized spacial score (nSPS) is 17.5. The van der Waals surface area contributed by atoms with Gasteiger partial charge in [-0.2, -0.15) is 0 Å². The van der Waals surface area contributed by atoms with Gasteiger partial charge in [0, 0.05) is 19.5 Å². The molecule has 0 spiro atoms. The minimum atomic E-state index is -1.05. The molecule has 1 amide bonds. The van der Waals surface area contributed by atoms with Crippen molar-refractivity contribution in [2.75, 3.05) is 13.1 Å². The molecule has 1 atom stereocenters. The molecular formula is C10H16N2O3. The number of nitrogens with two attached hydrogens (primary N) is 1. The van der Waals surface area contributed by atoms with Crippen molar-refractivity contribution in [2.45, 2.75) is 25.3 Å². The number of hydrogen-bond donors (Lipinski definition) is 2. The molecule has 5 heteroatoms. The van der Waals surface area contributed by atoms with Gasteiger partial charge in [-0.3, -0.25) is 9.59 Å². The number of carboxylic acid groups (broad SMARTS) is 1. The summed E-state index contributed by atoms with van der Waals surface area (Å²) in [5, 5.41) is 8.54. The second-order valence-corrected chi connectivity index (χ2v) is 3.58. The molecule has 84 valence electrons. The van der Waals surface area contributed by atoms with E-state index in [2.05, 4.69) is 0 Å². The molecule has 1 aliphatic rings. The number of aliphatic carboxylic acids is 1. The third-order valence-electron chi connectivity index (χ3n) is 2.40. The van der Waals surface area contributed by atoms with E-state index in [9.17, 15) is 9.59 Å². The minimum absolute atomic E-state index is 0.0175. The maximum Gasteiger partial charge on any atom is 0.320 e. The standard InChI is InChI=1S/C10H16N2O3/c11-8(10(14)15)4-5-9(13)12-6-2-1-3-7-12/h1-2,8H,3-7,11H2,(H,14,15)/t8-/m0/s1. The van der Waals surface area contributed by atoms with Crippen LogP contribution in [0.3, 0.4) is 0 Å². The smallest absolute Gasteiger partial charge is 0.320 e. The maximum absolute atomic E-state index is 11.6. The van der Waals surface area contributed by atoms with Crippen LogP contribution >= 0.6 is 0 Å². The van der Waals surface area contributed by atoms with Crippen molar-refractivity contribution in [2.24, 2.45) is 5.73 Å². The summed E-state index contributed by atoms with van der Waals surface area (Å²) in [6, 6.07) is -0.936. The number of nitrogens with zero attached hydrogens (tertiary/aromatic N) is 1. The molecular weight excluding hydrogens is 196 g/mol. The van der Waals surface area contributed by atoms with E-state index in [0.717, 1.165) is 13.0 Å². The highest BCUT2D eigenvalue weighted by Gasteiger charge is 2.17. The Morgan fingerprint density at radius 2 is 2.20 bits per heavy atom. The molecule has 5 nitrogen and oxygen atoms in total. The summed E-state index contributed by atoms with van der Waals surface area (Å²) in [5.41, 5.74) is 5.31. The van der Waals surface area contributed by atoms with Crippen LogP contribution < -0.4 is 5.73 Å². The summed E-state index contributed by atoms with van der Waals surface area (Å²) < 4.78 is 0. The van der Waals surface area contributed by atoms with Crippen molar-refractivity contribution in [1.82, 2.24) is 4.90 Å². The molecule has 1 rings (SSSR count). The average Bonchev–Trinajstić information content (AvgIpc) is 2.26. The van der Waals surface area contributed by atoms with Crippen molar-refractivity contribution in [3.8, 4) is 0 Å². The monoisotopic (exact) mass is 212 g/mol. The minimum Gasteiger partial charge on any atom is -0.480 e. The first kappa shape index (κ1) is 11.7. The Balaban J connectivity index is 2.29. The largest absolute Gasteiger partial charge is 0.480 e. The molecule has 0 fully saturated rings. The van der Waals surface area contributed by atoms with Gasteiger partial charge in [0.2, 0.25) is 5.91 Å². The molecule has 0 saturated heterocycles. The van der Waals surface area contributed by atoms with Crippen LogP contribution in [0.2, 0.25) is 0 Å². The highest BCUT2D eigenvalue weighted by Crippen LogP contribution is 2.06. The average molecular weight is 212 g/mol. The zero-order chi connectivity index (χ0) is 11.3. The highest BCUT2D eigenvalue weighted by molar-refractivity contribution is 5.78. The lowest BCUT2D eigenvalue weighted by Gasteiger charge is -2.23. The van der Waals surface area contributed by atoms with Gasteiger partial charge in [0.1, 0.15) is 6.04 Å². The van der Waals surface area contributed by atoms with Crippen LogP contribution in [-0.4, -0.2) is 41.0 Å². The molecule has 3 N–H and O–H groups in total. The van der Waals surface area contributed by atoms with Gasteiger partial charge in [0.05, 0.1) is 0 Å². The molecule has 0 aromatic heterocycles. The number of carbonyl (C=O) groups is 2. The summed E-state index contributed by atoms with van der Waals surface area (Å²) in [7, 11) is 0. The van der Waals surface area contributed by atoms with Crippen LogP contribution in [-0.2, 0) is 9.59 Å². The van der Waals surface area contributed by atoms with E-state index in [-0.39, 0.29) is 18.7 Å². The van der Waals surface area contributed by atoms with E-state index in [1.165, 1.54) is 0 Å². The van der Waals surface area contributed by atoms with Gasteiger partial charge in [0.25, 0.3) is 0 Å². The number of rotatable bonds is 4. The van der Waals surface area contributed by atoms with Crippen LogP contribution in [0.4, 0.5) is 0 Å². The first-order valence-corrected chi connectivity index (χ1v) is 5.02. The lowest BCUT2D eigenvalue weighted by Crippen LogP contribution is -2.36. The fourth-order valence-electron chi connectivity index (χ4n) is 1.43. The topological polar surface area (TPSA) is 83.6 Å². The molecule has 0 aromatic carbocycles. The zero-order valence-electron chi connectivity index (χ0n) is 8.56. The number of amides is 1. The van der Waals surface area contributed by atoms with E-state index in [1.807, 2.05) is 12.2 Å². The van der Waals surface area contributed by atoms with Crippen molar-refractivity contribution < 1.29 is 14.7 Å². The number of hydrogen-bond acceptors (Lipinski definition) is 3. The number of carbonyl (C=O) groups excluding carboxylic acids is 1. The van der Waals surface area contributed by atoms with E-state index >= 15 is 0 Å². The highest BCUT2D eigenvalue weighted by atomic mass is 16.4. The summed E-state index contributed by atoms with van der Waals surface area (Å²) in [5.74, 6) is -1.07. The van der Waals surface area contributed by atoms with Crippen molar-refractivity contribution in [3.05, 3.63) is 12.2 Å². The number of carboxylic acids is 1. The van der Waals surface area contributed by atoms with Gasteiger partial charge in [-0.1, -0.05) is 12.2 Å². The Kier molecular flexibility index (Phi) is 4.30. The first-order chi connectivity index (χ1) is 7.11. The van der Waals surface area contributed by atoms with Gasteiger partial charge >= 0.3 is 5.97 Å². The van der Waals surface area contributed by atoms with Crippen molar-refractivity contribution >= 4 is 11.9 Å². The predicted molar refractivity (Wildman–Crippen MR) is 55.2 cm³/mol. The first-order valence-electron chi connectivity index (χ1n) is 5.02. The van der Waals surface area contributed by atoms with Gasteiger partial charge in [-0.05, 0) is 12.8 Å². The van der Waals surface area contributed by atoms with Gasteiger partial charge < -0.3 is 15.7 Å². The van der Waals surface area contributed by atoms with E-state index in [0.29, 0.717) is 6.54 Å². The van der Waals surface area contributed by atoms with Crippen LogP contribution in [0, 0.1) is 0 Å². The second kappa shape index (κ2) is 5.50. The van der Waals surface area contributed by atoms with E-state index in [4.69, 9.17) is 10.8 Å². The van der Waals surface area contributed by atoms with Crippen LogP contribution in [0.1, 0.15) is 19.3 Å². The Bertz CT molecular complexity index is 276. The second-order valence-electron chi connectivity index (χ2n) is 3.58. The van der Waals surface area contributed by atoms with Crippen LogP contribution in [0.25, 0.3) is 0 Å². The quantitative estimate of drug-likeness (QED) is 0.641. The van der Waals surface area contributed by atoms with Gasteiger partial charge in [-0.25, -0.2) is 0 Å². The molecule has 1 heterocycles. The van der Waals surface area contributed by atoms with E-state index < -0.39 is 12.0 Å². The predicted octanol–water partition coefficient (Wildman–Crippen LogP) is -0.0330. The SMILES string of the molecule is N[C@@H](CCC(=O)N1CC=CCC1)C(=O)O. The summed E-state index contributed by atoms with van der Waals surface area (Å²) in [6.07, 6.45) is 5.26. The summed E-state index contributed by atoms with van der Waals surface area (Å²) >= 11 is 0. The summed E-state index contributed by atoms with van der Waals surface area (Å²) in [6.45, 7) is 1.35. The molecule has 0 aromatic rings. The molecule has 0 aliphatic carbocycles. The molecule has 1 aliphatic heterocycles. The van der Waals surface area contributed by atoms with Crippen LogP contribution in [0.15, 0.2) is 12.2 Å². The molecule has 0 saturated carbocycles. The summed E-state index contributed by atoms with van der Waals surface area (Å²) in [4.78, 5) is 23.7. The van der Waals surface area contributed by atoms with Gasteiger partial charge in [0.15, 0.2) is 0 Å². The Hall–Kier alpha value is -1.36. The molecule has 0 radical (unpaired) electrons. The fraction of sp³-hybridized carbons (Fsp3) is 0.600. The zero-order valence-corrected chi connectivity index (χ0v) is 8.56. The van der Waals surface area contributed by atoms with Crippen LogP contribution in [0.5, 0.6) is 0 Å². The molecule has 15 heavy (non-hydrogen) atoms. The lowest BCUT2D eigenvalue weighted by molar-refractivity contribution is -0.139. The van der Waals surface area contributed by atoms with Crippen molar-refractivity contribution in [3.63, 3.8) is 0 Å². The fourth-order valence-corrected chi connectivity index (χ4v) is 1.43. The lowest BCUT2D eigenvalue weighted by atomic mass is 10.1. The molecule has 0 unspecified atom stereocenters. The molecule has 0 bridgehead atoms. The van der Waals surface area contributed by atoms with Crippen molar-refractivity contribution in [1.29, 1.82) is 0 Å². The van der Waals surface area contributed by atoms with Gasteiger partial charge in [-0.15, -0.1) is 0 Å². The third kappa shape index (κ3) is 3.71.